The normalized spacial score (nSPS) is 14.2. The summed E-state index contributed by atoms with van der Waals surface area (Å²) in [4.78, 5) is 13.8. The second-order valence-electron chi connectivity index (χ2n) is 3.73. The van der Waals surface area contributed by atoms with Crippen LogP contribution in [0.5, 0.6) is 0 Å². The first-order chi connectivity index (χ1) is 7.56. The molecule has 0 aliphatic heterocycles. The van der Waals surface area contributed by atoms with Crippen LogP contribution in [0.3, 0.4) is 0 Å². The summed E-state index contributed by atoms with van der Waals surface area (Å²) in [6.45, 7) is 12.4. The number of carbonyl (C=O) groups excluding carboxylic acids is 1. The van der Waals surface area contributed by atoms with Crippen LogP contribution in [0.15, 0.2) is 25.3 Å². The predicted octanol–water partition coefficient (Wildman–Crippen LogP) is 0.860. The lowest BCUT2D eigenvalue weighted by atomic mass is 10.2. The highest BCUT2D eigenvalue weighted by atomic mass is 16.2. The van der Waals surface area contributed by atoms with Gasteiger partial charge in [0.2, 0.25) is 5.91 Å². The van der Waals surface area contributed by atoms with Crippen LogP contribution in [0.25, 0.3) is 0 Å². The summed E-state index contributed by atoms with van der Waals surface area (Å²) in [6, 6.07) is -0.228. The molecule has 0 aliphatic rings. The molecule has 0 aromatic carbocycles. The standard InChI is InChI=1S/C12H23N3O/c1-5-8-15(9-6-2)10(4)12(16)14-11(13)7-3/h5-6,10-11H,1-2,7-9,13H2,3-4H3,(H,14,16)/t10-,11?/m0/s1. The fraction of sp³-hybridized carbons (Fsp3) is 0.583. The molecule has 1 amide bonds. The van der Waals surface area contributed by atoms with Crippen LogP contribution in [0, 0.1) is 0 Å². The molecule has 0 saturated carbocycles. The molecule has 0 heterocycles. The SMILES string of the molecule is C=CCN(CC=C)[C@@H](C)C(=O)NC(N)CC. The van der Waals surface area contributed by atoms with Gasteiger partial charge >= 0.3 is 0 Å². The molecule has 4 nitrogen and oxygen atoms in total. The Balaban J connectivity index is 4.34. The maximum absolute atomic E-state index is 11.8. The van der Waals surface area contributed by atoms with Crippen LogP contribution in [0.1, 0.15) is 20.3 Å². The van der Waals surface area contributed by atoms with E-state index in [0.29, 0.717) is 13.1 Å². The van der Waals surface area contributed by atoms with Gasteiger partial charge in [-0.3, -0.25) is 9.69 Å². The number of carbonyl (C=O) groups is 1. The summed E-state index contributed by atoms with van der Waals surface area (Å²) in [7, 11) is 0. The summed E-state index contributed by atoms with van der Waals surface area (Å²) < 4.78 is 0. The first kappa shape index (κ1) is 14.9. The number of nitrogens with zero attached hydrogens (tertiary/aromatic N) is 1. The fourth-order valence-corrected chi connectivity index (χ4v) is 1.29. The van der Waals surface area contributed by atoms with Crippen molar-refractivity contribution in [3.63, 3.8) is 0 Å². The quantitative estimate of drug-likeness (QED) is 0.476. The zero-order chi connectivity index (χ0) is 12.6. The number of nitrogens with two attached hydrogens (primary N) is 1. The molecule has 3 N–H and O–H groups in total. The molecule has 16 heavy (non-hydrogen) atoms. The number of amides is 1. The minimum atomic E-state index is -0.274. The Bertz CT molecular complexity index is 230. The third kappa shape index (κ3) is 5.09. The Morgan fingerprint density at radius 3 is 2.31 bits per heavy atom. The average molecular weight is 225 g/mol. The highest BCUT2D eigenvalue weighted by Gasteiger charge is 2.20. The van der Waals surface area contributed by atoms with E-state index < -0.39 is 0 Å². The van der Waals surface area contributed by atoms with Crippen LogP contribution in [0.4, 0.5) is 0 Å². The van der Waals surface area contributed by atoms with E-state index in [4.69, 9.17) is 5.73 Å². The largest absolute Gasteiger partial charge is 0.340 e. The number of nitrogens with one attached hydrogen (secondary N) is 1. The van der Waals surface area contributed by atoms with Crippen molar-refractivity contribution in [2.45, 2.75) is 32.5 Å². The zero-order valence-electron chi connectivity index (χ0n) is 10.3. The van der Waals surface area contributed by atoms with Crippen molar-refractivity contribution in [3.8, 4) is 0 Å². The van der Waals surface area contributed by atoms with E-state index >= 15 is 0 Å². The molecule has 1 unspecified atom stereocenters. The van der Waals surface area contributed by atoms with Crippen molar-refractivity contribution in [2.75, 3.05) is 13.1 Å². The van der Waals surface area contributed by atoms with E-state index in [1.807, 2.05) is 18.7 Å². The van der Waals surface area contributed by atoms with Crippen molar-refractivity contribution < 1.29 is 4.79 Å². The Labute approximate surface area is 98.2 Å². The molecule has 0 bridgehead atoms. The topological polar surface area (TPSA) is 58.4 Å². The van der Waals surface area contributed by atoms with Crippen LogP contribution >= 0.6 is 0 Å². The van der Waals surface area contributed by atoms with E-state index in [0.717, 1.165) is 6.42 Å². The van der Waals surface area contributed by atoms with Crippen molar-refractivity contribution >= 4 is 5.91 Å². The van der Waals surface area contributed by atoms with Gasteiger partial charge in [-0.25, -0.2) is 0 Å². The summed E-state index contributed by atoms with van der Waals surface area (Å²) in [6.07, 6.45) is 3.99. The van der Waals surface area contributed by atoms with Gasteiger partial charge in [-0.15, -0.1) is 13.2 Å². The maximum Gasteiger partial charge on any atom is 0.238 e. The molecular weight excluding hydrogens is 202 g/mol. The van der Waals surface area contributed by atoms with Gasteiger partial charge in [0.25, 0.3) is 0 Å². The van der Waals surface area contributed by atoms with E-state index in [1.165, 1.54) is 0 Å². The molecular formula is C12H23N3O. The second-order valence-corrected chi connectivity index (χ2v) is 3.73. The lowest BCUT2D eigenvalue weighted by Gasteiger charge is -2.26. The highest BCUT2D eigenvalue weighted by molar-refractivity contribution is 5.81. The van der Waals surface area contributed by atoms with E-state index in [9.17, 15) is 4.79 Å². The molecule has 4 heteroatoms. The first-order valence-corrected chi connectivity index (χ1v) is 5.58. The molecule has 0 radical (unpaired) electrons. The van der Waals surface area contributed by atoms with E-state index in [1.54, 1.807) is 12.2 Å². The van der Waals surface area contributed by atoms with E-state index in [-0.39, 0.29) is 18.1 Å². The summed E-state index contributed by atoms with van der Waals surface area (Å²) >= 11 is 0. The molecule has 0 spiro atoms. The fourth-order valence-electron chi connectivity index (χ4n) is 1.29. The Morgan fingerprint density at radius 2 is 1.94 bits per heavy atom. The molecule has 0 aliphatic carbocycles. The molecule has 0 aromatic rings. The van der Waals surface area contributed by atoms with Gasteiger partial charge in [0.05, 0.1) is 12.2 Å². The smallest absolute Gasteiger partial charge is 0.238 e. The van der Waals surface area contributed by atoms with Crippen LogP contribution in [-0.2, 0) is 4.79 Å². The van der Waals surface area contributed by atoms with Gasteiger partial charge in [-0.05, 0) is 13.3 Å². The van der Waals surface area contributed by atoms with E-state index in [2.05, 4.69) is 18.5 Å². The van der Waals surface area contributed by atoms with Gasteiger partial charge in [-0.1, -0.05) is 19.1 Å². The highest BCUT2D eigenvalue weighted by Crippen LogP contribution is 2.00. The average Bonchev–Trinajstić information content (AvgIpc) is 2.27. The van der Waals surface area contributed by atoms with Gasteiger partial charge in [0.15, 0.2) is 0 Å². The van der Waals surface area contributed by atoms with Crippen molar-refractivity contribution in [1.82, 2.24) is 10.2 Å². The summed E-state index contributed by atoms with van der Waals surface area (Å²) in [5.74, 6) is -0.0574. The number of rotatable bonds is 8. The van der Waals surface area contributed by atoms with Crippen LogP contribution in [-0.4, -0.2) is 36.1 Å². The molecule has 0 fully saturated rings. The molecule has 0 saturated heterocycles. The lowest BCUT2D eigenvalue weighted by Crippen LogP contribution is -2.50. The second kappa shape index (κ2) is 8.07. The Hall–Kier alpha value is -1.13. The van der Waals surface area contributed by atoms with Crippen molar-refractivity contribution in [2.24, 2.45) is 5.73 Å². The van der Waals surface area contributed by atoms with Gasteiger partial charge in [0, 0.05) is 13.1 Å². The number of hydrogen-bond acceptors (Lipinski definition) is 3. The minimum absolute atomic E-state index is 0.0574. The van der Waals surface area contributed by atoms with Crippen LogP contribution < -0.4 is 11.1 Å². The molecule has 2 atom stereocenters. The lowest BCUT2D eigenvalue weighted by molar-refractivity contribution is -0.126. The third-order valence-electron chi connectivity index (χ3n) is 2.42. The Kier molecular flexibility index (Phi) is 7.50. The monoisotopic (exact) mass is 225 g/mol. The van der Waals surface area contributed by atoms with Gasteiger partial charge in [-0.2, -0.15) is 0 Å². The summed E-state index contributed by atoms with van der Waals surface area (Å²) in [5, 5.41) is 2.76. The maximum atomic E-state index is 11.8. The predicted molar refractivity (Wildman–Crippen MR) is 67.8 cm³/mol. The molecule has 0 rings (SSSR count). The summed E-state index contributed by atoms with van der Waals surface area (Å²) in [5.41, 5.74) is 5.67. The molecule has 0 aromatic heterocycles. The third-order valence-corrected chi connectivity index (χ3v) is 2.42. The van der Waals surface area contributed by atoms with Crippen molar-refractivity contribution in [3.05, 3.63) is 25.3 Å². The van der Waals surface area contributed by atoms with Crippen molar-refractivity contribution in [1.29, 1.82) is 0 Å². The zero-order valence-corrected chi connectivity index (χ0v) is 10.3. The minimum Gasteiger partial charge on any atom is -0.340 e. The van der Waals surface area contributed by atoms with Crippen LogP contribution in [0.2, 0.25) is 0 Å². The first-order valence-electron chi connectivity index (χ1n) is 5.58. The Morgan fingerprint density at radius 1 is 1.44 bits per heavy atom. The van der Waals surface area contributed by atoms with Gasteiger partial charge in [0.1, 0.15) is 0 Å². The molecule has 92 valence electrons. The number of hydrogen-bond donors (Lipinski definition) is 2. The van der Waals surface area contributed by atoms with Gasteiger partial charge < -0.3 is 11.1 Å².